The number of para-hydroxylation sites is 1. The van der Waals surface area contributed by atoms with Crippen molar-refractivity contribution in [2.24, 2.45) is 0 Å². The van der Waals surface area contributed by atoms with Crippen LogP contribution in [0.3, 0.4) is 0 Å². The van der Waals surface area contributed by atoms with Gasteiger partial charge in [-0.05, 0) is 25.7 Å². The summed E-state index contributed by atoms with van der Waals surface area (Å²) in [6.45, 7) is 0. The average Bonchev–Trinajstić information content (AvgIpc) is 2.79. The quantitative estimate of drug-likeness (QED) is 0.638. The molecule has 5 heteroatoms. The van der Waals surface area contributed by atoms with E-state index < -0.39 is 12.0 Å². The molecule has 0 aliphatic heterocycles. The zero-order valence-electron chi connectivity index (χ0n) is 10.4. The lowest BCUT2D eigenvalue weighted by Crippen LogP contribution is -2.44. The topological polar surface area (TPSA) is 77.2 Å². The van der Waals surface area contributed by atoms with Crippen molar-refractivity contribution in [1.29, 1.82) is 0 Å². The molecule has 18 heavy (non-hydrogen) atoms. The van der Waals surface area contributed by atoms with E-state index in [1.54, 1.807) is 14.1 Å². The monoisotopic (exact) mass is 247 g/mol. The smallest absolute Gasteiger partial charge is 0.322 e. The van der Waals surface area contributed by atoms with E-state index >= 15 is 0 Å². The van der Waals surface area contributed by atoms with Crippen molar-refractivity contribution >= 4 is 16.9 Å². The molecule has 4 N–H and O–H groups in total. The van der Waals surface area contributed by atoms with Gasteiger partial charge in [0, 0.05) is 17.1 Å². The second-order valence-electron chi connectivity index (χ2n) is 4.16. The van der Waals surface area contributed by atoms with Crippen LogP contribution in [0.25, 0.3) is 10.9 Å². The molecule has 0 fully saturated rings. The van der Waals surface area contributed by atoms with Crippen molar-refractivity contribution in [3.63, 3.8) is 0 Å². The summed E-state index contributed by atoms with van der Waals surface area (Å²) in [5.41, 5.74) is 1.96. The number of likely N-dealkylation sites (N-methyl/N-ethyl adjacent to an activating group) is 2. The van der Waals surface area contributed by atoms with Crippen LogP contribution in [0, 0.1) is 0 Å². The zero-order chi connectivity index (χ0) is 13.1. The van der Waals surface area contributed by atoms with Crippen LogP contribution in [0.4, 0.5) is 0 Å². The van der Waals surface area contributed by atoms with Crippen LogP contribution in [-0.2, 0) is 4.79 Å². The molecule has 2 rings (SSSR count). The molecule has 96 valence electrons. The summed E-state index contributed by atoms with van der Waals surface area (Å²) in [6.07, 6.45) is 1.86. The van der Waals surface area contributed by atoms with Gasteiger partial charge in [0.05, 0.1) is 6.04 Å². The van der Waals surface area contributed by atoms with Gasteiger partial charge in [0.1, 0.15) is 6.04 Å². The molecule has 0 radical (unpaired) electrons. The van der Waals surface area contributed by atoms with Crippen LogP contribution in [0.5, 0.6) is 0 Å². The molecule has 0 spiro atoms. The highest BCUT2D eigenvalue weighted by Gasteiger charge is 2.28. The molecule has 0 saturated heterocycles. The lowest BCUT2D eigenvalue weighted by Gasteiger charge is -2.22. The van der Waals surface area contributed by atoms with Crippen molar-refractivity contribution in [1.82, 2.24) is 15.6 Å². The fraction of sp³-hybridized carbons (Fsp3) is 0.308. The van der Waals surface area contributed by atoms with Crippen molar-refractivity contribution in [2.75, 3.05) is 14.1 Å². The third-order valence-electron chi connectivity index (χ3n) is 3.18. The molecule has 5 nitrogen and oxygen atoms in total. The van der Waals surface area contributed by atoms with Crippen molar-refractivity contribution in [3.05, 3.63) is 36.0 Å². The van der Waals surface area contributed by atoms with E-state index in [0.717, 1.165) is 16.5 Å². The summed E-state index contributed by atoms with van der Waals surface area (Å²) in [4.78, 5) is 14.4. The van der Waals surface area contributed by atoms with Gasteiger partial charge in [-0.3, -0.25) is 4.79 Å². The Balaban J connectivity index is 2.47. The van der Waals surface area contributed by atoms with Gasteiger partial charge in [0.25, 0.3) is 0 Å². The van der Waals surface area contributed by atoms with Gasteiger partial charge >= 0.3 is 5.97 Å². The Morgan fingerprint density at radius 2 is 2.00 bits per heavy atom. The van der Waals surface area contributed by atoms with Crippen LogP contribution in [0.15, 0.2) is 30.5 Å². The standard InChI is InChI=1S/C13H17N3O2/c1-14-11(12(15-2)13(17)18)9-7-16-10-6-4-3-5-8(9)10/h3-7,11-12,14-16H,1-2H3,(H,17,18). The Kier molecular flexibility index (Phi) is 3.64. The van der Waals surface area contributed by atoms with Crippen LogP contribution in [0.2, 0.25) is 0 Å². The molecule has 1 aromatic carbocycles. The maximum atomic E-state index is 11.2. The van der Waals surface area contributed by atoms with Crippen LogP contribution in [0.1, 0.15) is 11.6 Å². The van der Waals surface area contributed by atoms with E-state index in [4.69, 9.17) is 0 Å². The molecule has 1 heterocycles. The maximum Gasteiger partial charge on any atom is 0.322 e. The number of fused-ring (bicyclic) bond motifs is 1. The number of carbonyl (C=O) groups is 1. The number of aliphatic carboxylic acids is 1. The number of nitrogens with one attached hydrogen (secondary N) is 3. The summed E-state index contributed by atoms with van der Waals surface area (Å²) < 4.78 is 0. The number of carboxylic acids is 1. The predicted octanol–water partition coefficient (Wildman–Crippen LogP) is 1.10. The van der Waals surface area contributed by atoms with Crippen molar-refractivity contribution < 1.29 is 9.90 Å². The summed E-state index contributed by atoms with van der Waals surface area (Å²) in [7, 11) is 3.41. The van der Waals surface area contributed by atoms with E-state index in [1.165, 1.54) is 0 Å². The summed E-state index contributed by atoms with van der Waals surface area (Å²) in [6, 6.07) is 6.89. The molecule has 2 atom stereocenters. The molecule has 0 bridgehead atoms. The van der Waals surface area contributed by atoms with Gasteiger partial charge < -0.3 is 20.7 Å². The number of aromatic nitrogens is 1. The van der Waals surface area contributed by atoms with E-state index in [2.05, 4.69) is 15.6 Å². The molecule has 0 aliphatic carbocycles. The van der Waals surface area contributed by atoms with Gasteiger partial charge in [-0.25, -0.2) is 0 Å². The molecule has 1 aromatic heterocycles. The fourth-order valence-electron chi connectivity index (χ4n) is 2.29. The van der Waals surface area contributed by atoms with Crippen LogP contribution in [-0.4, -0.2) is 36.2 Å². The van der Waals surface area contributed by atoms with Gasteiger partial charge in [0.2, 0.25) is 0 Å². The highest BCUT2D eigenvalue weighted by atomic mass is 16.4. The number of aromatic amines is 1. The Hall–Kier alpha value is -1.85. The summed E-state index contributed by atoms with van der Waals surface area (Å²) >= 11 is 0. The normalized spacial score (nSPS) is 14.6. The molecular formula is C13H17N3O2. The minimum Gasteiger partial charge on any atom is -0.480 e. The average molecular weight is 247 g/mol. The number of carboxylic acid groups (broad SMARTS) is 1. The minimum absolute atomic E-state index is 0.288. The lowest BCUT2D eigenvalue weighted by atomic mass is 9.99. The van der Waals surface area contributed by atoms with E-state index in [9.17, 15) is 9.90 Å². The number of H-pyrrole nitrogens is 1. The lowest BCUT2D eigenvalue weighted by molar-refractivity contribution is -0.140. The van der Waals surface area contributed by atoms with Crippen LogP contribution >= 0.6 is 0 Å². The van der Waals surface area contributed by atoms with Gasteiger partial charge in [0.15, 0.2) is 0 Å². The first kappa shape index (κ1) is 12.6. The second kappa shape index (κ2) is 5.20. The zero-order valence-corrected chi connectivity index (χ0v) is 10.4. The number of hydrogen-bond acceptors (Lipinski definition) is 3. The Morgan fingerprint density at radius 1 is 1.28 bits per heavy atom. The third-order valence-corrected chi connectivity index (χ3v) is 3.18. The molecule has 2 aromatic rings. The first-order chi connectivity index (χ1) is 8.69. The Bertz CT molecular complexity index is 550. The van der Waals surface area contributed by atoms with Gasteiger partial charge in [-0.2, -0.15) is 0 Å². The largest absolute Gasteiger partial charge is 0.480 e. The SMILES string of the molecule is CNC(C(=O)O)C(NC)c1c[nH]c2ccccc12. The van der Waals surface area contributed by atoms with Crippen molar-refractivity contribution in [2.45, 2.75) is 12.1 Å². The number of benzene rings is 1. The molecule has 2 unspecified atom stereocenters. The van der Waals surface area contributed by atoms with E-state index in [0.29, 0.717) is 0 Å². The van der Waals surface area contributed by atoms with Gasteiger partial charge in [-0.1, -0.05) is 18.2 Å². The minimum atomic E-state index is -0.873. The number of hydrogen-bond donors (Lipinski definition) is 4. The van der Waals surface area contributed by atoms with E-state index in [-0.39, 0.29) is 6.04 Å². The summed E-state index contributed by atoms with van der Waals surface area (Å²) in [5.74, 6) is -0.873. The Labute approximate surface area is 105 Å². The fourth-order valence-corrected chi connectivity index (χ4v) is 2.29. The van der Waals surface area contributed by atoms with E-state index in [1.807, 2.05) is 30.5 Å². The second-order valence-corrected chi connectivity index (χ2v) is 4.16. The number of rotatable bonds is 5. The molecule has 0 amide bonds. The predicted molar refractivity (Wildman–Crippen MR) is 70.6 cm³/mol. The molecule has 0 aliphatic rings. The maximum absolute atomic E-state index is 11.2. The van der Waals surface area contributed by atoms with Crippen molar-refractivity contribution in [3.8, 4) is 0 Å². The highest BCUT2D eigenvalue weighted by Crippen LogP contribution is 2.26. The molecular weight excluding hydrogens is 230 g/mol. The third kappa shape index (κ3) is 2.10. The first-order valence-corrected chi connectivity index (χ1v) is 5.82. The highest BCUT2D eigenvalue weighted by molar-refractivity contribution is 5.85. The van der Waals surface area contributed by atoms with Crippen LogP contribution < -0.4 is 10.6 Å². The Morgan fingerprint density at radius 3 is 2.61 bits per heavy atom. The first-order valence-electron chi connectivity index (χ1n) is 5.82. The van der Waals surface area contributed by atoms with Gasteiger partial charge in [-0.15, -0.1) is 0 Å². The summed E-state index contributed by atoms with van der Waals surface area (Å²) in [5, 5.41) is 16.2. The molecule has 0 saturated carbocycles.